The zero-order chi connectivity index (χ0) is 10.3. The monoisotopic (exact) mass is 192 g/mol. The van der Waals surface area contributed by atoms with Gasteiger partial charge >= 0.3 is 0 Å². The molecule has 0 saturated heterocycles. The van der Waals surface area contributed by atoms with Crippen molar-refractivity contribution in [3.05, 3.63) is 18.2 Å². The Labute approximate surface area is 81.9 Å². The summed E-state index contributed by atoms with van der Waals surface area (Å²) >= 11 is 0. The summed E-state index contributed by atoms with van der Waals surface area (Å²) in [5.74, 6) is 0.110. The van der Waals surface area contributed by atoms with E-state index in [0.717, 1.165) is 5.69 Å². The fraction of sp³-hybridized carbons (Fsp3) is 0.300. The number of carbonyl (C=O) groups excluding carboxylic acids is 1. The van der Waals surface area contributed by atoms with E-state index in [9.17, 15) is 9.90 Å². The van der Waals surface area contributed by atoms with E-state index in [1.807, 2.05) is 0 Å². The van der Waals surface area contributed by atoms with E-state index >= 15 is 0 Å². The van der Waals surface area contributed by atoms with Crippen LogP contribution in [0.15, 0.2) is 18.2 Å². The maximum Gasteiger partial charge on any atom is 0.249 e. The van der Waals surface area contributed by atoms with Gasteiger partial charge in [-0.25, -0.2) is 0 Å². The molecule has 2 rings (SSSR count). The lowest BCUT2D eigenvalue weighted by molar-refractivity contribution is -0.119. The van der Waals surface area contributed by atoms with Gasteiger partial charge in [-0.15, -0.1) is 0 Å². The SMILES string of the molecule is CC1(C)Nc2cc(O)ccc2NC1=O. The first-order valence-corrected chi connectivity index (χ1v) is 4.42. The first kappa shape index (κ1) is 8.87. The van der Waals surface area contributed by atoms with Crippen LogP contribution in [-0.2, 0) is 4.79 Å². The van der Waals surface area contributed by atoms with E-state index in [0.29, 0.717) is 5.69 Å². The Hall–Kier alpha value is -1.71. The number of hydrogen-bond donors (Lipinski definition) is 3. The zero-order valence-corrected chi connectivity index (χ0v) is 8.09. The maximum absolute atomic E-state index is 11.5. The lowest BCUT2D eigenvalue weighted by Crippen LogP contribution is -2.47. The Morgan fingerprint density at radius 1 is 1.29 bits per heavy atom. The molecule has 1 aliphatic heterocycles. The molecule has 0 atom stereocenters. The second-order valence-electron chi connectivity index (χ2n) is 3.93. The van der Waals surface area contributed by atoms with E-state index in [2.05, 4.69) is 10.6 Å². The van der Waals surface area contributed by atoms with E-state index < -0.39 is 5.54 Å². The Balaban J connectivity index is 2.46. The van der Waals surface area contributed by atoms with Gasteiger partial charge in [-0.3, -0.25) is 4.79 Å². The van der Waals surface area contributed by atoms with Gasteiger partial charge in [0.15, 0.2) is 0 Å². The van der Waals surface area contributed by atoms with E-state index in [1.165, 1.54) is 0 Å². The van der Waals surface area contributed by atoms with Gasteiger partial charge in [0.1, 0.15) is 11.3 Å². The predicted octanol–water partition coefficient (Wildman–Crippen LogP) is 1.53. The minimum atomic E-state index is -0.638. The Morgan fingerprint density at radius 3 is 2.71 bits per heavy atom. The van der Waals surface area contributed by atoms with Crippen LogP contribution >= 0.6 is 0 Å². The Bertz CT molecular complexity index is 399. The smallest absolute Gasteiger partial charge is 0.249 e. The number of nitrogens with one attached hydrogen (secondary N) is 2. The second kappa shape index (κ2) is 2.64. The third-order valence-corrected chi connectivity index (χ3v) is 2.27. The number of aromatic hydroxyl groups is 1. The number of phenolic OH excluding ortho intramolecular Hbond substituents is 1. The van der Waals surface area contributed by atoms with Crippen molar-refractivity contribution < 1.29 is 9.90 Å². The number of hydrogen-bond acceptors (Lipinski definition) is 3. The minimum Gasteiger partial charge on any atom is -0.508 e. The van der Waals surface area contributed by atoms with Crippen molar-refractivity contribution in [2.24, 2.45) is 0 Å². The standard InChI is InChI=1S/C10H12N2O2/c1-10(2)9(14)11-7-4-3-6(13)5-8(7)12-10/h3-5,12-13H,1-2H3,(H,11,14). The van der Waals surface area contributed by atoms with Gasteiger partial charge in [0, 0.05) is 6.07 Å². The molecule has 1 aromatic rings. The lowest BCUT2D eigenvalue weighted by atomic mass is 10.00. The number of amides is 1. The van der Waals surface area contributed by atoms with Crippen molar-refractivity contribution in [2.75, 3.05) is 10.6 Å². The highest BCUT2D eigenvalue weighted by Gasteiger charge is 2.32. The molecular formula is C10H12N2O2. The molecule has 1 aromatic carbocycles. The zero-order valence-electron chi connectivity index (χ0n) is 8.09. The number of carbonyl (C=O) groups is 1. The normalized spacial score (nSPS) is 18.0. The molecule has 3 N–H and O–H groups in total. The molecule has 1 amide bonds. The molecule has 1 heterocycles. The predicted molar refractivity (Wildman–Crippen MR) is 54.4 cm³/mol. The number of rotatable bonds is 0. The van der Waals surface area contributed by atoms with E-state index in [1.54, 1.807) is 32.0 Å². The molecule has 74 valence electrons. The van der Waals surface area contributed by atoms with Crippen molar-refractivity contribution >= 4 is 17.3 Å². The highest BCUT2D eigenvalue weighted by Crippen LogP contribution is 2.33. The summed E-state index contributed by atoms with van der Waals surface area (Å²) in [7, 11) is 0. The van der Waals surface area contributed by atoms with Crippen LogP contribution < -0.4 is 10.6 Å². The molecule has 1 aliphatic rings. The van der Waals surface area contributed by atoms with Gasteiger partial charge in [0.25, 0.3) is 0 Å². The van der Waals surface area contributed by atoms with Crippen molar-refractivity contribution in [2.45, 2.75) is 19.4 Å². The molecule has 0 bridgehead atoms. The van der Waals surface area contributed by atoms with Crippen LogP contribution in [0.2, 0.25) is 0 Å². The van der Waals surface area contributed by atoms with Crippen molar-refractivity contribution in [1.29, 1.82) is 0 Å². The fourth-order valence-electron chi connectivity index (χ4n) is 1.42. The van der Waals surface area contributed by atoms with Gasteiger partial charge in [-0.05, 0) is 26.0 Å². The molecule has 4 heteroatoms. The fourth-order valence-corrected chi connectivity index (χ4v) is 1.42. The molecule has 0 saturated carbocycles. The van der Waals surface area contributed by atoms with Gasteiger partial charge in [0.05, 0.1) is 11.4 Å². The summed E-state index contributed by atoms with van der Waals surface area (Å²) in [6, 6.07) is 4.81. The summed E-state index contributed by atoms with van der Waals surface area (Å²) in [4.78, 5) is 11.5. The van der Waals surface area contributed by atoms with Crippen LogP contribution in [0.1, 0.15) is 13.8 Å². The van der Waals surface area contributed by atoms with Crippen LogP contribution in [0.4, 0.5) is 11.4 Å². The van der Waals surface area contributed by atoms with Crippen LogP contribution in [0.3, 0.4) is 0 Å². The molecule has 0 spiro atoms. The van der Waals surface area contributed by atoms with Crippen LogP contribution in [0.25, 0.3) is 0 Å². The average molecular weight is 192 g/mol. The van der Waals surface area contributed by atoms with Crippen LogP contribution in [0.5, 0.6) is 5.75 Å². The summed E-state index contributed by atoms with van der Waals surface area (Å²) in [5, 5.41) is 15.1. The molecule has 0 aliphatic carbocycles. The Morgan fingerprint density at radius 2 is 2.00 bits per heavy atom. The average Bonchev–Trinajstić information content (AvgIpc) is 2.07. The summed E-state index contributed by atoms with van der Waals surface area (Å²) in [6.45, 7) is 3.57. The minimum absolute atomic E-state index is 0.0734. The van der Waals surface area contributed by atoms with Crippen molar-refractivity contribution in [3.63, 3.8) is 0 Å². The van der Waals surface area contributed by atoms with Crippen LogP contribution in [-0.4, -0.2) is 16.6 Å². The third-order valence-electron chi connectivity index (χ3n) is 2.27. The molecule has 0 radical (unpaired) electrons. The number of phenols is 1. The summed E-state index contributed by atoms with van der Waals surface area (Å²) in [5.41, 5.74) is 0.808. The molecule has 4 nitrogen and oxygen atoms in total. The summed E-state index contributed by atoms with van der Waals surface area (Å²) in [6.07, 6.45) is 0. The number of anilines is 2. The largest absolute Gasteiger partial charge is 0.508 e. The molecule has 0 unspecified atom stereocenters. The first-order valence-electron chi connectivity index (χ1n) is 4.42. The van der Waals surface area contributed by atoms with E-state index in [4.69, 9.17) is 0 Å². The third kappa shape index (κ3) is 1.28. The van der Waals surface area contributed by atoms with Gasteiger partial charge in [-0.1, -0.05) is 0 Å². The highest BCUT2D eigenvalue weighted by atomic mass is 16.3. The van der Waals surface area contributed by atoms with Gasteiger partial charge < -0.3 is 15.7 Å². The topological polar surface area (TPSA) is 61.4 Å². The molecule has 0 aromatic heterocycles. The molecule has 14 heavy (non-hydrogen) atoms. The lowest BCUT2D eigenvalue weighted by Gasteiger charge is -2.32. The van der Waals surface area contributed by atoms with E-state index in [-0.39, 0.29) is 11.7 Å². The van der Waals surface area contributed by atoms with Crippen molar-refractivity contribution in [3.8, 4) is 5.75 Å². The van der Waals surface area contributed by atoms with Gasteiger partial charge in [-0.2, -0.15) is 0 Å². The quantitative estimate of drug-likeness (QED) is 0.546. The van der Waals surface area contributed by atoms with Crippen molar-refractivity contribution in [1.82, 2.24) is 0 Å². The Kier molecular flexibility index (Phi) is 1.67. The molecular weight excluding hydrogens is 180 g/mol. The highest BCUT2D eigenvalue weighted by molar-refractivity contribution is 6.05. The number of benzene rings is 1. The van der Waals surface area contributed by atoms with Gasteiger partial charge in [0.2, 0.25) is 5.91 Å². The second-order valence-corrected chi connectivity index (χ2v) is 3.93. The first-order chi connectivity index (χ1) is 6.49. The maximum atomic E-state index is 11.5. The summed E-state index contributed by atoms with van der Waals surface area (Å²) < 4.78 is 0. The van der Waals surface area contributed by atoms with Crippen LogP contribution in [0, 0.1) is 0 Å². The number of fused-ring (bicyclic) bond motifs is 1. The molecule has 0 fully saturated rings.